The number of morpholine rings is 1. The Morgan fingerprint density at radius 2 is 1.38 bits per heavy atom. The van der Waals surface area contributed by atoms with Crippen molar-refractivity contribution in [2.75, 3.05) is 53.1 Å². The van der Waals surface area contributed by atoms with Crippen LogP contribution in [0.1, 0.15) is 76.5 Å². The summed E-state index contributed by atoms with van der Waals surface area (Å²) in [6.07, 6.45) is -0.585. The Morgan fingerprint density at radius 3 is 2.04 bits per heavy atom. The lowest BCUT2D eigenvalue weighted by Gasteiger charge is -2.46. The molecule has 0 aromatic heterocycles. The monoisotopic (exact) mass is 1050 g/mol. The number of amides is 4. The fourth-order valence-electron chi connectivity index (χ4n) is 11.8. The number of hydrogen-bond donors (Lipinski definition) is 2. The van der Waals surface area contributed by atoms with Gasteiger partial charge in [-0.3, -0.25) is 19.3 Å². The fraction of sp³-hybridized carbons (Fsp3) is 0.306. The Balaban J connectivity index is 1.28. The van der Waals surface area contributed by atoms with Crippen LogP contribution in [0.3, 0.4) is 0 Å². The number of cyclic esters (lactones) is 1. The standard InChI is InChI=1S/C62H60N4O12/c1-37(2)52(58(69)76-6)63-61(72)65-48-27-24-39(21-20-38-22-25-45(73-3)26-23-38)32-47(48)62(60(65)71)51(57(68)64-29-28-42-34-49(74-4)50(75-5)35-44(42)36-64)54-59(70)78-55(41-16-11-8-12-17-41)53(40-14-9-7-10-15-40)66(54)56(62)43-18-13-19-46(33-43)77-31-30-67/h7-19,22-27,32-35,37,51-56,67H,28-31,36H2,1-6H3,(H,63,72)/t51-,52-,53-,54-,55+,56+,62-/m0/s1. The van der Waals surface area contributed by atoms with E-state index in [-0.39, 0.29) is 37.6 Å². The minimum absolute atomic E-state index is 0.0575. The number of carbonyl (C=O) groups is 5. The average Bonchev–Trinajstić information content (AvgIpc) is 2.81. The normalized spacial score (nSPS) is 21.6. The van der Waals surface area contributed by atoms with Crippen LogP contribution in [0.25, 0.3) is 0 Å². The van der Waals surface area contributed by atoms with Gasteiger partial charge in [0, 0.05) is 24.2 Å². The highest BCUT2D eigenvalue weighted by molar-refractivity contribution is 6.25. The van der Waals surface area contributed by atoms with Crippen molar-refractivity contribution in [1.82, 2.24) is 15.1 Å². The molecule has 0 aliphatic carbocycles. The first kappa shape index (κ1) is 52.8. The number of esters is 2. The first-order chi connectivity index (χ1) is 37.9. The second kappa shape index (κ2) is 22.1. The Bertz CT molecular complexity index is 3320. The van der Waals surface area contributed by atoms with Crippen LogP contribution in [0.15, 0.2) is 140 Å². The molecular weight excluding hydrogens is 993 g/mol. The van der Waals surface area contributed by atoms with Crippen molar-refractivity contribution in [3.63, 3.8) is 0 Å². The maximum absolute atomic E-state index is 17.1. The van der Waals surface area contributed by atoms with Gasteiger partial charge in [-0.2, -0.15) is 0 Å². The summed E-state index contributed by atoms with van der Waals surface area (Å²) in [5, 5.41) is 12.8. The van der Waals surface area contributed by atoms with Crippen molar-refractivity contribution >= 4 is 35.5 Å². The molecule has 10 rings (SSSR count). The Labute approximate surface area is 452 Å². The van der Waals surface area contributed by atoms with E-state index in [1.165, 1.54) is 14.2 Å². The number of nitrogens with one attached hydrogen (secondary N) is 1. The summed E-state index contributed by atoms with van der Waals surface area (Å²) in [5.41, 5.74) is 2.83. The molecule has 4 aliphatic heterocycles. The molecule has 6 aromatic rings. The van der Waals surface area contributed by atoms with Gasteiger partial charge in [0.05, 0.1) is 58.7 Å². The van der Waals surface area contributed by atoms with E-state index in [9.17, 15) is 9.90 Å². The first-order valence-electron chi connectivity index (χ1n) is 25.8. The second-order valence-corrected chi connectivity index (χ2v) is 19.9. The molecule has 16 heteroatoms. The topological polar surface area (TPSA) is 183 Å². The molecule has 400 valence electrons. The number of urea groups is 1. The lowest BCUT2D eigenvalue weighted by molar-refractivity contribution is -0.179. The summed E-state index contributed by atoms with van der Waals surface area (Å²) in [4.78, 5) is 83.0. The molecule has 7 atom stereocenters. The molecule has 0 unspecified atom stereocenters. The molecule has 0 bridgehead atoms. The predicted molar refractivity (Wildman–Crippen MR) is 288 cm³/mol. The van der Waals surface area contributed by atoms with E-state index in [1.54, 1.807) is 81.5 Å². The molecule has 1 spiro atoms. The van der Waals surface area contributed by atoms with Gasteiger partial charge < -0.3 is 43.7 Å². The van der Waals surface area contributed by atoms with Crippen molar-refractivity contribution in [2.24, 2.45) is 11.8 Å². The number of benzene rings is 6. The van der Waals surface area contributed by atoms with Crippen molar-refractivity contribution in [1.29, 1.82) is 0 Å². The molecule has 4 amide bonds. The van der Waals surface area contributed by atoms with Crippen LogP contribution in [-0.2, 0) is 47.0 Å². The van der Waals surface area contributed by atoms with E-state index in [0.29, 0.717) is 51.7 Å². The van der Waals surface area contributed by atoms with Gasteiger partial charge in [-0.25, -0.2) is 14.5 Å². The van der Waals surface area contributed by atoms with Gasteiger partial charge in [0.15, 0.2) is 11.5 Å². The number of carbonyl (C=O) groups excluding carboxylic acids is 5. The van der Waals surface area contributed by atoms with Gasteiger partial charge in [-0.05, 0) is 112 Å². The van der Waals surface area contributed by atoms with Crippen molar-refractivity contribution in [3.8, 4) is 34.8 Å². The molecular formula is C62H60N4O12. The largest absolute Gasteiger partial charge is 0.497 e. The number of anilines is 1. The van der Waals surface area contributed by atoms with Crippen LogP contribution >= 0.6 is 0 Å². The predicted octanol–water partition coefficient (Wildman–Crippen LogP) is 7.64. The maximum atomic E-state index is 17.1. The van der Waals surface area contributed by atoms with E-state index in [1.807, 2.05) is 95.9 Å². The van der Waals surface area contributed by atoms with Gasteiger partial charge in [-0.1, -0.05) is 98.5 Å². The average molecular weight is 1050 g/mol. The van der Waals surface area contributed by atoms with Gasteiger partial charge in [0.25, 0.3) is 0 Å². The lowest BCUT2D eigenvalue weighted by Crippen LogP contribution is -2.58. The van der Waals surface area contributed by atoms with E-state index in [2.05, 4.69) is 17.2 Å². The van der Waals surface area contributed by atoms with Crippen molar-refractivity contribution < 1.29 is 57.5 Å². The van der Waals surface area contributed by atoms with Crippen LogP contribution < -0.4 is 29.2 Å². The smallest absolute Gasteiger partial charge is 0.329 e. The summed E-state index contributed by atoms with van der Waals surface area (Å²) in [5.74, 6) is 3.53. The van der Waals surface area contributed by atoms with E-state index in [4.69, 9.17) is 28.4 Å². The Hall–Kier alpha value is -8.65. The maximum Gasteiger partial charge on any atom is 0.329 e. The van der Waals surface area contributed by atoms with Crippen LogP contribution in [0, 0.1) is 23.7 Å². The molecule has 0 radical (unpaired) electrons. The Morgan fingerprint density at radius 1 is 0.731 bits per heavy atom. The number of aliphatic hydroxyl groups is 1. The highest BCUT2D eigenvalue weighted by Gasteiger charge is 2.76. The van der Waals surface area contributed by atoms with Crippen LogP contribution in [0.5, 0.6) is 23.0 Å². The van der Waals surface area contributed by atoms with E-state index in [0.717, 1.165) is 21.6 Å². The summed E-state index contributed by atoms with van der Waals surface area (Å²) in [6.45, 7) is 3.39. The highest BCUT2D eigenvalue weighted by Crippen LogP contribution is 2.66. The number of aliphatic hydroxyl groups excluding tert-OH is 1. The number of ether oxygens (including phenoxy) is 6. The van der Waals surface area contributed by atoms with Crippen LogP contribution in [0.4, 0.5) is 10.5 Å². The van der Waals surface area contributed by atoms with Gasteiger partial charge >= 0.3 is 18.0 Å². The molecule has 2 saturated heterocycles. The molecule has 2 fully saturated rings. The zero-order chi connectivity index (χ0) is 54.8. The number of rotatable bonds is 13. The first-order valence-corrected chi connectivity index (χ1v) is 25.8. The molecule has 4 heterocycles. The third-order valence-electron chi connectivity index (χ3n) is 15.3. The quantitative estimate of drug-likeness (QED) is 0.0851. The lowest BCUT2D eigenvalue weighted by atomic mass is 9.64. The molecule has 4 aliphatic rings. The summed E-state index contributed by atoms with van der Waals surface area (Å²) < 4.78 is 34.7. The molecule has 6 aromatic carbocycles. The molecule has 2 N–H and O–H groups in total. The Kier molecular flexibility index (Phi) is 15.0. The molecule has 0 saturated carbocycles. The zero-order valence-electron chi connectivity index (χ0n) is 44.1. The molecule has 78 heavy (non-hydrogen) atoms. The second-order valence-electron chi connectivity index (χ2n) is 19.9. The van der Waals surface area contributed by atoms with Gasteiger partial charge in [0.2, 0.25) is 11.8 Å². The summed E-state index contributed by atoms with van der Waals surface area (Å²) >= 11 is 0. The molecule has 16 nitrogen and oxygen atoms in total. The van der Waals surface area contributed by atoms with Gasteiger partial charge in [-0.15, -0.1) is 0 Å². The third kappa shape index (κ3) is 9.32. The third-order valence-corrected chi connectivity index (χ3v) is 15.3. The number of fused-ring (bicyclic) bond motifs is 4. The van der Waals surface area contributed by atoms with E-state index >= 15 is 19.2 Å². The SMILES string of the molecule is COC(=O)[C@@H](NC(=O)N1C(=O)[C@@]2(c3cc(C#Cc4ccc(OC)cc4)ccc31)[C@H](C(=O)N1CCc3cc(OC)c(OC)cc3C1)[C@H]1C(=O)O[C@H](c3ccccc3)[C@H](c3ccccc3)N1[C@@H]2c1cccc(OCCO)c1)C(C)C. The van der Waals surface area contributed by atoms with Crippen LogP contribution in [-0.4, -0.2) is 105 Å². The summed E-state index contributed by atoms with van der Waals surface area (Å²) in [7, 11) is 5.88. The van der Waals surface area contributed by atoms with E-state index < -0.39 is 77.3 Å². The fourth-order valence-corrected chi connectivity index (χ4v) is 11.8. The van der Waals surface area contributed by atoms with Gasteiger partial charge in [0.1, 0.15) is 41.7 Å². The zero-order valence-corrected chi connectivity index (χ0v) is 44.1. The number of nitrogens with zero attached hydrogens (tertiary/aromatic N) is 3. The van der Waals surface area contributed by atoms with Crippen molar-refractivity contribution in [2.45, 2.75) is 62.5 Å². The minimum atomic E-state index is -2.16. The minimum Gasteiger partial charge on any atom is -0.497 e. The number of methoxy groups -OCH3 is 4. The van der Waals surface area contributed by atoms with Crippen molar-refractivity contribution in [3.05, 3.63) is 184 Å². The summed E-state index contributed by atoms with van der Waals surface area (Å²) in [6, 6.07) is 36.1. The number of hydrogen-bond acceptors (Lipinski definition) is 13. The number of imide groups is 1. The highest BCUT2D eigenvalue weighted by atomic mass is 16.6. The van der Waals surface area contributed by atoms with Crippen LogP contribution in [0.2, 0.25) is 0 Å².